The summed E-state index contributed by atoms with van der Waals surface area (Å²) >= 11 is 6.47. The molecule has 0 heterocycles. The van der Waals surface area contributed by atoms with E-state index in [1.807, 2.05) is 0 Å². The van der Waals surface area contributed by atoms with Crippen molar-refractivity contribution in [2.24, 2.45) is 0 Å². The second-order valence-corrected chi connectivity index (χ2v) is 5.87. The zero-order valence-corrected chi connectivity index (χ0v) is 12.1. The van der Waals surface area contributed by atoms with E-state index in [9.17, 15) is 8.78 Å². The minimum Gasteiger partial charge on any atom is -0.206 e. The maximum atomic E-state index is 14.0. The fourth-order valence-corrected chi connectivity index (χ4v) is 3.05. The van der Waals surface area contributed by atoms with E-state index in [-0.39, 0.29) is 0 Å². The molecule has 0 amide bonds. The Morgan fingerprint density at radius 3 is 1.44 bits per heavy atom. The Balaban J connectivity index is 2.61. The molecule has 3 rings (SSSR count). The van der Waals surface area contributed by atoms with Gasteiger partial charge in [-0.15, -0.1) is 0 Å². The van der Waals surface area contributed by atoms with Crippen molar-refractivity contribution in [1.29, 1.82) is 0 Å². The Morgan fingerprint density at radius 1 is 0.667 bits per heavy atom. The Labute approximate surface area is 119 Å². The lowest BCUT2D eigenvalue weighted by molar-refractivity contribution is 0.631. The molecule has 0 unspecified atom stereocenters. The standard InChI is InChI=1S/C14H6Br2F2/c15-9-3-7-1-2-8-4-10(16)6-12(18)14(8)13(7)11(17)5-9/h1-6H. The van der Waals surface area contributed by atoms with E-state index >= 15 is 0 Å². The van der Waals surface area contributed by atoms with Crippen molar-refractivity contribution in [2.45, 2.75) is 0 Å². The van der Waals surface area contributed by atoms with E-state index in [4.69, 9.17) is 0 Å². The van der Waals surface area contributed by atoms with Crippen LogP contribution in [-0.2, 0) is 0 Å². The third-order valence-corrected chi connectivity index (χ3v) is 3.78. The van der Waals surface area contributed by atoms with Crippen LogP contribution in [0.1, 0.15) is 0 Å². The molecule has 0 saturated heterocycles. The minimum absolute atomic E-state index is 0.320. The van der Waals surface area contributed by atoms with E-state index in [2.05, 4.69) is 31.9 Å². The molecule has 0 spiro atoms. The van der Waals surface area contributed by atoms with E-state index < -0.39 is 11.6 Å². The van der Waals surface area contributed by atoms with Crippen LogP contribution in [0.15, 0.2) is 45.3 Å². The highest BCUT2D eigenvalue weighted by molar-refractivity contribution is 9.10. The molecule has 0 aromatic heterocycles. The van der Waals surface area contributed by atoms with Gasteiger partial charge in [0.2, 0.25) is 0 Å². The smallest absolute Gasteiger partial charge is 0.132 e. The Hall–Kier alpha value is -1.00. The monoisotopic (exact) mass is 370 g/mol. The number of hydrogen-bond acceptors (Lipinski definition) is 0. The molecule has 0 nitrogen and oxygen atoms in total. The first-order valence-electron chi connectivity index (χ1n) is 5.23. The van der Waals surface area contributed by atoms with Crippen LogP contribution in [0.25, 0.3) is 21.5 Å². The number of rotatable bonds is 0. The quantitative estimate of drug-likeness (QED) is 0.438. The molecular formula is C14H6Br2F2. The van der Waals surface area contributed by atoms with Crippen molar-refractivity contribution in [3.63, 3.8) is 0 Å². The summed E-state index contributed by atoms with van der Waals surface area (Å²) < 4.78 is 29.4. The molecule has 0 atom stereocenters. The van der Waals surface area contributed by atoms with Gasteiger partial charge < -0.3 is 0 Å². The molecule has 3 aromatic rings. The average molecular weight is 372 g/mol. The van der Waals surface area contributed by atoms with Gasteiger partial charge in [0.25, 0.3) is 0 Å². The maximum absolute atomic E-state index is 14.0. The summed E-state index contributed by atoms with van der Waals surface area (Å²) in [5.41, 5.74) is 0. The lowest BCUT2D eigenvalue weighted by atomic mass is 10.0. The third kappa shape index (κ3) is 1.84. The summed E-state index contributed by atoms with van der Waals surface area (Å²) in [6.45, 7) is 0. The summed E-state index contributed by atoms with van der Waals surface area (Å²) in [6.07, 6.45) is 0. The molecule has 0 aliphatic heterocycles. The molecule has 3 aromatic carbocycles. The largest absolute Gasteiger partial charge is 0.206 e. The summed E-state index contributed by atoms with van der Waals surface area (Å²) in [6, 6.07) is 9.83. The first kappa shape index (κ1) is 12.1. The van der Waals surface area contributed by atoms with Gasteiger partial charge in [0.1, 0.15) is 11.6 Å². The molecule has 4 heteroatoms. The molecule has 0 bridgehead atoms. The van der Waals surface area contributed by atoms with Crippen LogP contribution in [0.5, 0.6) is 0 Å². The third-order valence-electron chi connectivity index (χ3n) is 2.86. The molecule has 0 fully saturated rings. The number of hydrogen-bond donors (Lipinski definition) is 0. The lowest BCUT2D eigenvalue weighted by Crippen LogP contribution is -1.87. The van der Waals surface area contributed by atoms with Crippen LogP contribution in [0.4, 0.5) is 8.78 Å². The summed E-state index contributed by atoms with van der Waals surface area (Å²) in [4.78, 5) is 0. The van der Waals surface area contributed by atoms with Crippen LogP contribution in [0.3, 0.4) is 0 Å². The van der Waals surface area contributed by atoms with Crippen molar-refractivity contribution >= 4 is 53.4 Å². The van der Waals surface area contributed by atoms with Crippen molar-refractivity contribution < 1.29 is 8.78 Å². The predicted octanol–water partition coefficient (Wildman–Crippen LogP) is 5.80. The van der Waals surface area contributed by atoms with E-state index in [1.54, 1.807) is 24.3 Å². The van der Waals surface area contributed by atoms with Crippen molar-refractivity contribution in [1.82, 2.24) is 0 Å². The van der Waals surface area contributed by atoms with Crippen LogP contribution >= 0.6 is 31.9 Å². The van der Waals surface area contributed by atoms with Gasteiger partial charge in [-0.1, -0.05) is 44.0 Å². The highest BCUT2D eigenvalue weighted by atomic mass is 79.9. The van der Waals surface area contributed by atoms with Crippen LogP contribution in [0, 0.1) is 11.6 Å². The summed E-state index contributed by atoms with van der Waals surface area (Å²) in [5, 5.41) is 1.99. The van der Waals surface area contributed by atoms with Gasteiger partial charge in [-0.2, -0.15) is 0 Å². The molecule has 0 N–H and O–H groups in total. The second-order valence-electron chi connectivity index (χ2n) is 4.04. The van der Waals surface area contributed by atoms with Gasteiger partial charge in [0.05, 0.1) is 0 Å². The molecule has 0 aliphatic rings. The van der Waals surface area contributed by atoms with Crippen LogP contribution < -0.4 is 0 Å². The number of halogens is 4. The van der Waals surface area contributed by atoms with E-state index in [0.717, 1.165) is 0 Å². The Morgan fingerprint density at radius 2 is 1.06 bits per heavy atom. The minimum atomic E-state index is -0.425. The molecule has 18 heavy (non-hydrogen) atoms. The van der Waals surface area contributed by atoms with Gasteiger partial charge in [-0.25, -0.2) is 8.78 Å². The zero-order chi connectivity index (χ0) is 12.9. The first-order valence-corrected chi connectivity index (χ1v) is 6.81. The number of benzene rings is 3. The Kier molecular flexibility index (Phi) is 2.87. The van der Waals surface area contributed by atoms with Crippen molar-refractivity contribution in [3.8, 4) is 0 Å². The fourth-order valence-electron chi connectivity index (χ4n) is 2.16. The maximum Gasteiger partial charge on any atom is 0.132 e. The zero-order valence-electron chi connectivity index (χ0n) is 8.98. The molecule has 0 saturated carbocycles. The van der Waals surface area contributed by atoms with E-state index in [1.165, 1.54) is 12.1 Å². The average Bonchev–Trinajstić information content (AvgIpc) is 2.28. The molecule has 0 aliphatic carbocycles. The fraction of sp³-hybridized carbons (Fsp3) is 0. The highest BCUT2D eigenvalue weighted by Gasteiger charge is 2.11. The molecule has 0 radical (unpaired) electrons. The van der Waals surface area contributed by atoms with Crippen molar-refractivity contribution in [2.75, 3.05) is 0 Å². The van der Waals surface area contributed by atoms with Gasteiger partial charge in [0.15, 0.2) is 0 Å². The highest BCUT2D eigenvalue weighted by Crippen LogP contribution is 2.33. The predicted molar refractivity (Wildman–Crippen MR) is 76.8 cm³/mol. The number of fused-ring (bicyclic) bond motifs is 3. The summed E-state index contributed by atoms with van der Waals surface area (Å²) in [7, 11) is 0. The van der Waals surface area contributed by atoms with Crippen molar-refractivity contribution in [3.05, 3.63) is 57.0 Å². The normalized spacial score (nSPS) is 11.3. The van der Waals surface area contributed by atoms with Gasteiger partial charge in [-0.05, 0) is 35.0 Å². The van der Waals surface area contributed by atoms with Gasteiger partial charge in [0, 0.05) is 19.7 Å². The molecule has 90 valence electrons. The second kappa shape index (κ2) is 4.28. The van der Waals surface area contributed by atoms with Gasteiger partial charge in [-0.3, -0.25) is 0 Å². The first-order chi connectivity index (χ1) is 8.56. The SMILES string of the molecule is Fc1cc(Br)cc2ccc3cc(Br)cc(F)c3c12. The van der Waals surface area contributed by atoms with Crippen LogP contribution in [0.2, 0.25) is 0 Å². The molecular weight excluding hydrogens is 366 g/mol. The lowest BCUT2D eigenvalue weighted by Gasteiger charge is -2.07. The van der Waals surface area contributed by atoms with Gasteiger partial charge >= 0.3 is 0 Å². The topological polar surface area (TPSA) is 0 Å². The Bertz CT molecular complexity index is 715. The van der Waals surface area contributed by atoms with E-state index in [0.29, 0.717) is 30.5 Å². The van der Waals surface area contributed by atoms with Crippen LogP contribution in [-0.4, -0.2) is 0 Å². The summed E-state index contributed by atoms with van der Waals surface area (Å²) in [5.74, 6) is -0.850.